The molecule has 0 spiro atoms. The molecule has 0 bridgehead atoms. The van der Waals surface area contributed by atoms with Crippen LogP contribution in [-0.4, -0.2) is 29.9 Å². The first-order valence-electron chi connectivity index (χ1n) is 6.77. The Morgan fingerprint density at radius 1 is 1.28 bits per heavy atom. The van der Waals surface area contributed by atoms with Crippen LogP contribution in [0.15, 0.2) is 30.3 Å². The monoisotopic (exact) mass is 248 g/mol. The van der Waals surface area contributed by atoms with Gasteiger partial charge in [-0.1, -0.05) is 43.7 Å². The van der Waals surface area contributed by atoms with Gasteiger partial charge in [0.15, 0.2) is 0 Å². The molecule has 0 fully saturated rings. The van der Waals surface area contributed by atoms with Gasteiger partial charge in [0.05, 0.1) is 6.04 Å². The van der Waals surface area contributed by atoms with E-state index in [1.165, 1.54) is 5.56 Å². The standard InChI is InChI=1S/C15H24N2O/c1-3-8-14(16)15(18)17(4-2)12-11-13-9-6-5-7-10-13/h5-7,9-10,14H,3-4,8,11-12,16H2,1-2H3/t14-/m0/s1. The first kappa shape index (κ1) is 14.7. The Bertz CT molecular complexity index is 351. The lowest BCUT2D eigenvalue weighted by Crippen LogP contribution is -2.44. The highest BCUT2D eigenvalue weighted by Gasteiger charge is 2.18. The van der Waals surface area contributed by atoms with Gasteiger partial charge in [0.25, 0.3) is 0 Å². The maximum absolute atomic E-state index is 12.1. The van der Waals surface area contributed by atoms with Gasteiger partial charge in [0.1, 0.15) is 0 Å². The van der Waals surface area contributed by atoms with E-state index in [0.29, 0.717) is 0 Å². The van der Waals surface area contributed by atoms with Crippen molar-refractivity contribution in [3.63, 3.8) is 0 Å². The third-order valence-electron chi connectivity index (χ3n) is 3.12. The Labute approximate surface area is 110 Å². The van der Waals surface area contributed by atoms with E-state index in [9.17, 15) is 4.79 Å². The molecule has 0 saturated heterocycles. The molecule has 18 heavy (non-hydrogen) atoms. The Kier molecular flexibility index (Phi) is 6.44. The molecule has 1 atom stereocenters. The zero-order valence-corrected chi connectivity index (χ0v) is 11.4. The van der Waals surface area contributed by atoms with E-state index in [1.54, 1.807) is 0 Å². The number of amides is 1. The number of likely N-dealkylation sites (N-methyl/N-ethyl adjacent to an activating group) is 1. The molecule has 1 rings (SSSR count). The summed E-state index contributed by atoms with van der Waals surface area (Å²) in [5.74, 6) is 0.0790. The highest BCUT2D eigenvalue weighted by molar-refractivity contribution is 5.81. The van der Waals surface area contributed by atoms with Gasteiger partial charge in [0, 0.05) is 13.1 Å². The minimum Gasteiger partial charge on any atom is -0.341 e. The molecule has 1 aromatic rings. The Balaban J connectivity index is 2.49. The van der Waals surface area contributed by atoms with Crippen molar-refractivity contribution in [2.45, 2.75) is 39.2 Å². The average molecular weight is 248 g/mol. The summed E-state index contributed by atoms with van der Waals surface area (Å²) >= 11 is 0. The second-order valence-electron chi connectivity index (χ2n) is 4.55. The van der Waals surface area contributed by atoms with Gasteiger partial charge in [-0.15, -0.1) is 0 Å². The van der Waals surface area contributed by atoms with Gasteiger partial charge in [-0.05, 0) is 25.3 Å². The van der Waals surface area contributed by atoms with Crippen LogP contribution >= 0.6 is 0 Å². The zero-order valence-electron chi connectivity index (χ0n) is 11.4. The molecule has 0 saturated carbocycles. The number of carbonyl (C=O) groups excluding carboxylic acids is 1. The molecule has 3 nitrogen and oxygen atoms in total. The Morgan fingerprint density at radius 2 is 1.94 bits per heavy atom. The lowest BCUT2D eigenvalue weighted by molar-refractivity contribution is -0.132. The summed E-state index contributed by atoms with van der Waals surface area (Å²) in [6.45, 7) is 5.52. The molecular weight excluding hydrogens is 224 g/mol. The van der Waals surface area contributed by atoms with Gasteiger partial charge in [-0.3, -0.25) is 4.79 Å². The van der Waals surface area contributed by atoms with Crippen LogP contribution in [0.25, 0.3) is 0 Å². The van der Waals surface area contributed by atoms with Crippen molar-refractivity contribution in [3.8, 4) is 0 Å². The van der Waals surface area contributed by atoms with Crippen molar-refractivity contribution in [1.82, 2.24) is 4.90 Å². The first-order chi connectivity index (χ1) is 8.69. The molecule has 0 aliphatic heterocycles. The summed E-state index contributed by atoms with van der Waals surface area (Å²) in [6, 6.07) is 9.88. The SMILES string of the molecule is CCC[C@H](N)C(=O)N(CC)CCc1ccccc1. The minimum atomic E-state index is -0.342. The van der Waals surface area contributed by atoms with Crippen LogP contribution in [0.5, 0.6) is 0 Å². The van der Waals surface area contributed by atoms with E-state index >= 15 is 0 Å². The number of benzene rings is 1. The van der Waals surface area contributed by atoms with E-state index < -0.39 is 0 Å². The molecule has 0 radical (unpaired) electrons. The summed E-state index contributed by atoms with van der Waals surface area (Å²) < 4.78 is 0. The molecule has 0 aliphatic carbocycles. The third kappa shape index (κ3) is 4.49. The van der Waals surface area contributed by atoms with Crippen molar-refractivity contribution in [2.24, 2.45) is 5.73 Å². The van der Waals surface area contributed by atoms with Crippen molar-refractivity contribution in [1.29, 1.82) is 0 Å². The fourth-order valence-corrected chi connectivity index (χ4v) is 2.00. The van der Waals surface area contributed by atoms with Crippen LogP contribution in [0.4, 0.5) is 0 Å². The molecule has 1 aromatic carbocycles. The van der Waals surface area contributed by atoms with Crippen LogP contribution < -0.4 is 5.73 Å². The first-order valence-corrected chi connectivity index (χ1v) is 6.77. The second kappa shape index (κ2) is 7.88. The van der Waals surface area contributed by atoms with Crippen molar-refractivity contribution < 1.29 is 4.79 Å². The van der Waals surface area contributed by atoms with Gasteiger partial charge in [-0.2, -0.15) is 0 Å². The Morgan fingerprint density at radius 3 is 2.50 bits per heavy atom. The quantitative estimate of drug-likeness (QED) is 0.804. The van der Waals surface area contributed by atoms with E-state index in [2.05, 4.69) is 12.1 Å². The zero-order chi connectivity index (χ0) is 13.4. The number of hydrogen-bond donors (Lipinski definition) is 1. The number of carbonyl (C=O) groups is 1. The average Bonchev–Trinajstić information content (AvgIpc) is 2.40. The maximum atomic E-state index is 12.1. The van der Waals surface area contributed by atoms with Crippen LogP contribution in [0, 0.1) is 0 Å². The molecule has 0 heterocycles. The highest BCUT2D eigenvalue weighted by atomic mass is 16.2. The third-order valence-corrected chi connectivity index (χ3v) is 3.12. The predicted molar refractivity (Wildman–Crippen MR) is 75.3 cm³/mol. The second-order valence-corrected chi connectivity index (χ2v) is 4.55. The smallest absolute Gasteiger partial charge is 0.239 e. The lowest BCUT2D eigenvalue weighted by Gasteiger charge is -2.24. The fraction of sp³-hybridized carbons (Fsp3) is 0.533. The molecule has 0 aromatic heterocycles. The molecule has 0 unspecified atom stereocenters. The van der Waals surface area contributed by atoms with Gasteiger partial charge in [0.2, 0.25) is 5.91 Å². The molecular formula is C15H24N2O. The summed E-state index contributed by atoms with van der Waals surface area (Å²) in [7, 11) is 0. The fourth-order valence-electron chi connectivity index (χ4n) is 2.00. The number of nitrogens with two attached hydrogens (primary N) is 1. The molecule has 0 aliphatic rings. The van der Waals surface area contributed by atoms with E-state index in [0.717, 1.165) is 32.4 Å². The minimum absolute atomic E-state index is 0.0790. The van der Waals surface area contributed by atoms with Crippen LogP contribution in [-0.2, 0) is 11.2 Å². The van der Waals surface area contributed by atoms with E-state index in [1.807, 2.05) is 36.9 Å². The summed E-state index contributed by atoms with van der Waals surface area (Å²) in [4.78, 5) is 13.9. The molecule has 3 heteroatoms. The number of nitrogens with zero attached hydrogens (tertiary/aromatic N) is 1. The van der Waals surface area contributed by atoms with Gasteiger partial charge in [-0.25, -0.2) is 0 Å². The summed E-state index contributed by atoms with van der Waals surface area (Å²) in [6.07, 6.45) is 2.60. The highest BCUT2D eigenvalue weighted by Crippen LogP contribution is 2.04. The summed E-state index contributed by atoms with van der Waals surface area (Å²) in [5.41, 5.74) is 7.14. The maximum Gasteiger partial charge on any atom is 0.239 e. The van der Waals surface area contributed by atoms with Crippen molar-refractivity contribution >= 4 is 5.91 Å². The van der Waals surface area contributed by atoms with Crippen molar-refractivity contribution in [2.75, 3.05) is 13.1 Å². The largest absolute Gasteiger partial charge is 0.341 e. The van der Waals surface area contributed by atoms with Crippen LogP contribution in [0.1, 0.15) is 32.3 Å². The normalized spacial score (nSPS) is 12.2. The van der Waals surface area contributed by atoms with Crippen LogP contribution in [0.3, 0.4) is 0 Å². The van der Waals surface area contributed by atoms with E-state index in [4.69, 9.17) is 5.73 Å². The molecule has 100 valence electrons. The molecule has 2 N–H and O–H groups in total. The number of hydrogen-bond acceptors (Lipinski definition) is 2. The Hall–Kier alpha value is -1.35. The molecule has 1 amide bonds. The summed E-state index contributed by atoms with van der Waals surface area (Å²) in [5, 5.41) is 0. The lowest BCUT2D eigenvalue weighted by atomic mass is 10.1. The van der Waals surface area contributed by atoms with E-state index in [-0.39, 0.29) is 11.9 Å². The number of rotatable bonds is 7. The van der Waals surface area contributed by atoms with Gasteiger partial charge >= 0.3 is 0 Å². The van der Waals surface area contributed by atoms with Crippen LogP contribution in [0.2, 0.25) is 0 Å². The van der Waals surface area contributed by atoms with Crippen molar-refractivity contribution in [3.05, 3.63) is 35.9 Å². The van der Waals surface area contributed by atoms with Gasteiger partial charge < -0.3 is 10.6 Å². The predicted octanol–water partition coefficient (Wildman–Crippen LogP) is 2.21. The topological polar surface area (TPSA) is 46.3 Å².